The highest BCUT2D eigenvalue weighted by Gasteiger charge is 2.10. The van der Waals surface area contributed by atoms with E-state index in [-0.39, 0.29) is 12.5 Å². The van der Waals surface area contributed by atoms with Gasteiger partial charge in [-0.2, -0.15) is 5.10 Å². The van der Waals surface area contributed by atoms with E-state index >= 15 is 0 Å². The molecule has 1 heterocycles. The number of ether oxygens (including phenoxy) is 1. The number of esters is 1. The van der Waals surface area contributed by atoms with Crippen molar-refractivity contribution in [2.24, 2.45) is 5.10 Å². The van der Waals surface area contributed by atoms with Gasteiger partial charge in [-0.1, -0.05) is 36.4 Å². The lowest BCUT2D eigenvalue weighted by molar-refractivity contribution is -0.143. The molecule has 0 saturated carbocycles. The van der Waals surface area contributed by atoms with E-state index in [0.717, 1.165) is 27.7 Å². The van der Waals surface area contributed by atoms with Gasteiger partial charge < -0.3 is 14.6 Å². The molecule has 28 heavy (non-hydrogen) atoms. The standard InChI is InChI=1S/C21H22N4O3/c1-3-28-20(26)14-25-13-16(17-9-5-7-11-19(17)25)12-22-24-21(27)23-18-10-6-4-8-15(18)2/h4-13H,3,14H2,1-2H3,(H2,23,24,27). The monoisotopic (exact) mass is 378 g/mol. The Labute approximate surface area is 163 Å². The smallest absolute Gasteiger partial charge is 0.339 e. The van der Waals surface area contributed by atoms with Crippen LogP contribution in [0.15, 0.2) is 59.8 Å². The lowest BCUT2D eigenvalue weighted by atomic mass is 10.2. The molecule has 0 fully saturated rings. The quantitative estimate of drug-likeness (QED) is 0.390. The Morgan fingerprint density at radius 2 is 1.89 bits per heavy atom. The number of urea groups is 1. The first kappa shape index (κ1) is 19.2. The molecular formula is C21H22N4O3. The molecule has 0 radical (unpaired) electrons. The van der Waals surface area contributed by atoms with Gasteiger partial charge in [0.15, 0.2) is 0 Å². The van der Waals surface area contributed by atoms with Crippen LogP contribution in [-0.4, -0.2) is 29.4 Å². The van der Waals surface area contributed by atoms with Crippen LogP contribution in [0.4, 0.5) is 10.5 Å². The number of carbonyl (C=O) groups excluding carboxylic acids is 2. The summed E-state index contributed by atoms with van der Waals surface area (Å²) in [6.45, 7) is 4.14. The normalized spacial score (nSPS) is 10.9. The zero-order valence-corrected chi connectivity index (χ0v) is 15.8. The minimum Gasteiger partial charge on any atom is -0.465 e. The summed E-state index contributed by atoms with van der Waals surface area (Å²) < 4.78 is 6.83. The van der Waals surface area contributed by atoms with Gasteiger partial charge in [0.1, 0.15) is 6.54 Å². The number of nitrogens with one attached hydrogen (secondary N) is 2. The number of aryl methyl sites for hydroxylation is 1. The Morgan fingerprint density at radius 3 is 2.68 bits per heavy atom. The van der Waals surface area contributed by atoms with Crippen molar-refractivity contribution >= 4 is 34.8 Å². The molecule has 0 aliphatic heterocycles. The number of anilines is 1. The van der Waals surface area contributed by atoms with Crippen molar-refractivity contribution in [3.05, 3.63) is 65.9 Å². The zero-order valence-electron chi connectivity index (χ0n) is 15.8. The van der Waals surface area contributed by atoms with E-state index in [2.05, 4.69) is 15.8 Å². The van der Waals surface area contributed by atoms with Crippen LogP contribution in [-0.2, 0) is 16.1 Å². The zero-order chi connectivity index (χ0) is 19.9. The summed E-state index contributed by atoms with van der Waals surface area (Å²) in [6.07, 6.45) is 3.37. The number of aromatic nitrogens is 1. The number of benzene rings is 2. The first-order chi connectivity index (χ1) is 13.6. The molecule has 2 N–H and O–H groups in total. The number of para-hydroxylation sites is 2. The summed E-state index contributed by atoms with van der Waals surface area (Å²) in [7, 11) is 0. The minimum absolute atomic E-state index is 0.114. The number of carbonyl (C=O) groups is 2. The van der Waals surface area contributed by atoms with Crippen molar-refractivity contribution in [1.29, 1.82) is 0 Å². The van der Waals surface area contributed by atoms with Gasteiger partial charge in [0.2, 0.25) is 0 Å². The van der Waals surface area contributed by atoms with Crippen LogP contribution in [0.3, 0.4) is 0 Å². The van der Waals surface area contributed by atoms with Crippen molar-refractivity contribution in [2.45, 2.75) is 20.4 Å². The molecule has 0 bridgehead atoms. The molecule has 0 atom stereocenters. The average molecular weight is 378 g/mol. The largest absolute Gasteiger partial charge is 0.465 e. The van der Waals surface area contributed by atoms with Gasteiger partial charge in [-0.05, 0) is 31.5 Å². The van der Waals surface area contributed by atoms with Crippen LogP contribution in [0.25, 0.3) is 10.9 Å². The van der Waals surface area contributed by atoms with E-state index in [1.165, 1.54) is 0 Å². The molecule has 3 aromatic rings. The minimum atomic E-state index is -0.430. The second-order valence-electron chi connectivity index (χ2n) is 6.17. The van der Waals surface area contributed by atoms with Crippen LogP contribution >= 0.6 is 0 Å². The topological polar surface area (TPSA) is 84.7 Å². The van der Waals surface area contributed by atoms with Crippen molar-refractivity contribution in [3.63, 3.8) is 0 Å². The van der Waals surface area contributed by atoms with Gasteiger partial charge in [0.05, 0.1) is 12.8 Å². The summed E-state index contributed by atoms with van der Waals surface area (Å²) in [5, 5.41) is 7.71. The lowest BCUT2D eigenvalue weighted by Crippen LogP contribution is -2.24. The van der Waals surface area contributed by atoms with Gasteiger partial charge >= 0.3 is 12.0 Å². The average Bonchev–Trinajstić information content (AvgIpc) is 3.02. The number of hydrogen-bond acceptors (Lipinski definition) is 4. The molecule has 2 amide bonds. The van der Waals surface area contributed by atoms with Crippen molar-refractivity contribution in [2.75, 3.05) is 11.9 Å². The predicted molar refractivity (Wildman–Crippen MR) is 109 cm³/mol. The van der Waals surface area contributed by atoms with E-state index in [1.54, 1.807) is 13.1 Å². The third kappa shape index (κ3) is 4.56. The highest BCUT2D eigenvalue weighted by atomic mass is 16.5. The number of hydrogen-bond donors (Lipinski definition) is 2. The number of hydrazone groups is 1. The summed E-state index contributed by atoms with van der Waals surface area (Å²) in [4.78, 5) is 23.9. The van der Waals surface area contributed by atoms with Gasteiger partial charge in [-0.25, -0.2) is 10.2 Å². The van der Waals surface area contributed by atoms with Crippen LogP contribution in [0.5, 0.6) is 0 Å². The second kappa shape index (κ2) is 8.85. The highest BCUT2D eigenvalue weighted by Crippen LogP contribution is 2.20. The number of amides is 2. The Hall–Kier alpha value is -3.61. The molecule has 7 nitrogen and oxygen atoms in total. The summed E-state index contributed by atoms with van der Waals surface area (Å²) in [5.74, 6) is -0.303. The van der Waals surface area contributed by atoms with E-state index in [1.807, 2.05) is 66.2 Å². The molecule has 0 saturated heterocycles. The molecule has 0 aliphatic rings. The van der Waals surface area contributed by atoms with Crippen molar-refractivity contribution in [3.8, 4) is 0 Å². The third-order valence-electron chi connectivity index (χ3n) is 4.19. The van der Waals surface area contributed by atoms with Crippen molar-refractivity contribution < 1.29 is 14.3 Å². The number of nitrogens with zero attached hydrogens (tertiary/aromatic N) is 2. The van der Waals surface area contributed by atoms with E-state index < -0.39 is 6.03 Å². The predicted octanol–water partition coefficient (Wildman–Crippen LogP) is 3.67. The molecule has 3 rings (SSSR count). The molecule has 1 aromatic heterocycles. The Balaban J connectivity index is 1.72. The van der Waals surface area contributed by atoms with Crippen LogP contribution in [0.1, 0.15) is 18.1 Å². The number of rotatable bonds is 6. The Kier molecular flexibility index (Phi) is 6.06. The van der Waals surface area contributed by atoms with Crippen LogP contribution in [0, 0.1) is 6.92 Å². The molecule has 0 spiro atoms. The maximum atomic E-state index is 12.0. The van der Waals surface area contributed by atoms with Gasteiger partial charge in [0.25, 0.3) is 0 Å². The van der Waals surface area contributed by atoms with Crippen LogP contribution in [0.2, 0.25) is 0 Å². The second-order valence-corrected chi connectivity index (χ2v) is 6.17. The molecule has 0 aliphatic carbocycles. The summed E-state index contributed by atoms with van der Waals surface area (Å²) >= 11 is 0. The molecule has 144 valence electrons. The first-order valence-electron chi connectivity index (χ1n) is 8.97. The fourth-order valence-electron chi connectivity index (χ4n) is 2.88. The Morgan fingerprint density at radius 1 is 1.14 bits per heavy atom. The number of fused-ring (bicyclic) bond motifs is 1. The molecule has 2 aromatic carbocycles. The van der Waals surface area contributed by atoms with Gasteiger partial charge in [-0.15, -0.1) is 0 Å². The fourth-order valence-corrected chi connectivity index (χ4v) is 2.88. The van der Waals surface area contributed by atoms with Gasteiger partial charge in [0, 0.05) is 28.4 Å². The van der Waals surface area contributed by atoms with E-state index in [0.29, 0.717) is 6.61 Å². The summed E-state index contributed by atoms with van der Waals surface area (Å²) in [5.41, 5.74) is 5.82. The maximum absolute atomic E-state index is 12.0. The van der Waals surface area contributed by atoms with Crippen LogP contribution < -0.4 is 10.7 Å². The Bertz CT molecular complexity index is 1020. The van der Waals surface area contributed by atoms with E-state index in [9.17, 15) is 9.59 Å². The SMILES string of the molecule is CCOC(=O)Cn1cc(C=NNC(=O)Nc2ccccc2C)c2ccccc21. The maximum Gasteiger partial charge on any atom is 0.339 e. The van der Waals surface area contributed by atoms with Crippen molar-refractivity contribution in [1.82, 2.24) is 9.99 Å². The third-order valence-corrected chi connectivity index (χ3v) is 4.19. The molecule has 0 unspecified atom stereocenters. The highest BCUT2D eigenvalue weighted by molar-refractivity contribution is 6.00. The van der Waals surface area contributed by atoms with E-state index in [4.69, 9.17) is 4.74 Å². The molecular weight excluding hydrogens is 356 g/mol. The molecule has 7 heteroatoms. The van der Waals surface area contributed by atoms with Gasteiger partial charge in [-0.3, -0.25) is 4.79 Å². The fraction of sp³-hybridized carbons (Fsp3) is 0.190. The first-order valence-corrected chi connectivity index (χ1v) is 8.97. The summed E-state index contributed by atoms with van der Waals surface area (Å²) in [6, 6.07) is 14.7. The lowest BCUT2D eigenvalue weighted by Gasteiger charge is -2.06.